The molecule has 3 aromatic rings. The molecule has 0 saturated carbocycles. The largest absolute Gasteiger partial charge is 0.321 e. The Hall–Kier alpha value is -2.59. The van der Waals surface area contributed by atoms with Gasteiger partial charge in [0.05, 0.1) is 28.0 Å². The molecule has 0 aliphatic carbocycles. The second-order valence-electron chi connectivity index (χ2n) is 7.45. The number of hydrogen-bond acceptors (Lipinski definition) is 6. The Labute approximate surface area is 185 Å². The number of benzene rings is 1. The van der Waals surface area contributed by atoms with Crippen LogP contribution in [-0.2, 0) is 10.0 Å². The van der Waals surface area contributed by atoms with Crippen LogP contribution in [0.2, 0.25) is 5.02 Å². The Bertz CT molecular complexity index is 1230. The Kier molecular flexibility index (Phi) is 6.19. The third kappa shape index (κ3) is 4.69. The predicted molar refractivity (Wildman–Crippen MR) is 120 cm³/mol. The average molecular weight is 460 g/mol. The van der Waals surface area contributed by atoms with Crippen LogP contribution in [0.25, 0.3) is 10.9 Å². The van der Waals surface area contributed by atoms with Crippen molar-refractivity contribution < 1.29 is 13.2 Å². The predicted octanol–water partition coefficient (Wildman–Crippen LogP) is 2.86. The summed E-state index contributed by atoms with van der Waals surface area (Å²) in [7, 11) is -1.74. The molecule has 3 heterocycles. The fourth-order valence-electron chi connectivity index (χ4n) is 3.51. The number of halogens is 1. The summed E-state index contributed by atoms with van der Waals surface area (Å²) < 4.78 is 27.6. The number of fused-ring (bicyclic) bond motifs is 1. The molecule has 0 unspecified atom stereocenters. The van der Waals surface area contributed by atoms with Crippen LogP contribution in [-0.4, -0.2) is 66.7 Å². The number of carbonyl (C=O) groups excluding carboxylic acids is 1. The zero-order valence-electron chi connectivity index (χ0n) is 17.0. The maximum Gasteiger partial charge on any atom is 0.257 e. The number of amides is 1. The summed E-state index contributed by atoms with van der Waals surface area (Å²) in [6.07, 6.45) is 5.09. The van der Waals surface area contributed by atoms with E-state index in [4.69, 9.17) is 11.6 Å². The molecule has 0 bridgehead atoms. The summed E-state index contributed by atoms with van der Waals surface area (Å²) in [6.45, 7) is 2.37. The summed E-state index contributed by atoms with van der Waals surface area (Å²) in [5, 5.41) is 3.80. The quantitative estimate of drug-likeness (QED) is 0.644. The topological polar surface area (TPSA) is 95.5 Å². The van der Waals surface area contributed by atoms with Crippen molar-refractivity contribution in [3.8, 4) is 0 Å². The van der Waals surface area contributed by atoms with Crippen molar-refractivity contribution in [2.45, 2.75) is 11.3 Å². The van der Waals surface area contributed by atoms with Gasteiger partial charge >= 0.3 is 0 Å². The van der Waals surface area contributed by atoms with Gasteiger partial charge in [-0.2, -0.15) is 4.31 Å². The van der Waals surface area contributed by atoms with Gasteiger partial charge in [0.1, 0.15) is 4.90 Å². The van der Waals surface area contributed by atoms with E-state index in [1.54, 1.807) is 24.4 Å². The number of likely N-dealkylation sites (N-methyl/N-ethyl adjacent to an activating group) is 1. The van der Waals surface area contributed by atoms with Crippen molar-refractivity contribution in [3.63, 3.8) is 0 Å². The fourth-order valence-corrected chi connectivity index (χ4v) is 5.22. The zero-order chi connectivity index (χ0) is 22.0. The number of hydrogen-bond donors (Lipinski definition) is 1. The third-order valence-corrected chi connectivity index (χ3v) is 7.40. The van der Waals surface area contributed by atoms with Gasteiger partial charge < -0.3 is 10.2 Å². The van der Waals surface area contributed by atoms with Gasteiger partial charge in [0.25, 0.3) is 5.91 Å². The Balaban J connectivity index is 1.57. The highest BCUT2D eigenvalue weighted by Crippen LogP contribution is 2.25. The number of anilines is 1. The first-order valence-electron chi connectivity index (χ1n) is 9.84. The molecule has 4 rings (SSSR count). The lowest BCUT2D eigenvalue weighted by atomic mass is 10.1. The number of aromatic nitrogens is 2. The van der Waals surface area contributed by atoms with Gasteiger partial charge in [-0.05, 0) is 44.3 Å². The van der Waals surface area contributed by atoms with Crippen LogP contribution in [0.15, 0.2) is 53.8 Å². The lowest BCUT2D eigenvalue weighted by Crippen LogP contribution is -2.34. The van der Waals surface area contributed by atoms with Crippen LogP contribution in [0.5, 0.6) is 0 Å². The molecule has 0 spiro atoms. The molecule has 1 fully saturated rings. The number of carbonyl (C=O) groups is 1. The molecule has 10 heteroatoms. The van der Waals surface area contributed by atoms with Crippen molar-refractivity contribution in [2.75, 3.05) is 38.5 Å². The van der Waals surface area contributed by atoms with E-state index in [2.05, 4.69) is 20.2 Å². The standard InChI is InChI=1S/C21H22ClN5O3S/c1-26-6-3-7-27(9-8-26)31(29,30)17-11-16(13-23-14-17)25-21(28)18-12-20-15(10-19(18)22)4-2-5-24-20/h2,4-5,10-14H,3,6-9H2,1H3,(H,25,28). The highest BCUT2D eigenvalue weighted by molar-refractivity contribution is 7.89. The minimum atomic E-state index is -3.71. The van der Waals surface area contributed by atoms with Gasteiger partial charge in [-0.1, -0.05) is 17.7 Å². The monoisotopic (exact) mass is 459 g/mol. The smallest absolute Gasteiger partial charge is 0.257 e. The van der Waals surface area contributed by atoms with Gasteiger partial charge in [0.2, 0.25) is 10.0 Å². The van der Waals surface area contributed by atoms with E-state index in [-0.39, 0.29) is 21.2 Å². The summed E-state index contributed by atoms with van der Waals surface area (Å²) in [5.41, 5.74) is 1.16. The van der Waals surface area contributed by atoms with E-state index in [0.717, 1.165) is 18.4 Å². The lowest BCUT2D eigenvalue weighted by molar-refractivity contribution is 0.102. The molecule has 0 atom stereocenters. The van der Waals surface area contributed by atoms with Gasteiger partial charge in [-0.25, -0.2) is 8.42 Å². The van der Waals surface area contributed by atoms with Crippen LogP contribution in [0, 0.1) is 0 Å². The second-order valence-corrected chi connectivity index (χ2v) is 9.80. The van der Waals surface area contributed by atoms with E-state index in [1.165, 1.54) is 22.8 Å². The highest BCUT2D eigenvalue weighted by atomic mass is 35.5. The van der Waals surface area contributed by atoms with Crippen LogP contribution < -0.4 is 5.32 Å². The minimum Gasteiger partial charge on any atom is -0.321 e. The summed E-state index contributed by atoms with van der Waals surface area (Å²) >= 11 is 6.29. The SMILES string of the molecule is CN1CCCN(S(=O)(=O)c2cncc(NC(=O)c3cc4ncccc4cc3Cl)c2)CC1. The first-order valence-corrected chi connectivity index (χ1v) is 11.7. The molecule has 1 amide bonds. The molecular formula is C21H22ClN5O3S. The third-order valence-electron chi connectivity index (χ3n) is 5.22. The van der Waals surface area contributed by atoms with Crippen molar-refractivity contribution in [1.82, 2.24) is 19.2 Å². The minimum absolute atomic E-state index is 0.0427. The van der Waals surface area contributed by atoms with E-state index in [9.17, 15) is 13.2 Å². The molecule has 8 nitrogen and oxygen atoms in total. The maximum atomic E-state index is 13.1. The van der Waals surface area contributed by atoms with Gasteiger partial charge in [0.15, 0.2) is 0 Å². The van der Waals surface area contributed by atoms with E-state index >= 15 is 0 Å². The lowest BCUT2D eigenvalue weighted by Gasteiger charge is -2.20. The number of pyridine rings is 2. The molecule has 1 aliphatic heterocycles. The number of rotatable bonds is 4. The fraction of sp³-hybridized carbons (Fsp3) is 0.286. The molecule has 162 valence electrons. The first kappa shape index (κ1) is 21.6. The molecule has 1 aliphatic rings. The van der Waals surface area contributed by atoms with Crippen LogP contribution in [0.4, 0.5) is 5.69 Å². The molecule has 1 N–H and O–H groups in total. The highest BCUT2D eigenvalue weighted by Gasteiger charge is 2.27. The molecule has 31 heavy (non-hydrogen) atoms. The van der Waals surface area contributed by atoms with E-state index < -0.39 is 15.9 Å². The number of nitrogens with zero attached hydrogens (tertiary/aromatic N) is 4. The molecule has 1 aromatic carbocycles. The van der Waals surface area contributed by atoms with E-state index in [0.29, 0.717) is 25.2 Å². The first-order chi connectivity index (χ1) is 14.8. The van der Waals surface area contributed by atoms with Crippen molar-refractivity contribution in [2.24, 2.45) is 0 Å². The normalized spacial score (nSPS) is 16.2. The second kappa shape index (κ2) is 8.88. The molecular weight excluding hydrogens is 438 g/mol. The molecule has 2 aromatic heterocycles. The van der Waals surface area contributed by atoms with Crippen molar-refractivity contribution in [3.05, 3.63) is 59.5 Å². The van der Waals surface area contributed by atoms with Crippen LogP contribution in [0.1, 0.15) is 16.8 Å². The van der Waals surface area contributed by atoms with Gasteiger partial charge in [-0.3, -0.25) is 14.8 Å². The zero-order valence-corrected chi connectivity index (χ0v) is 18.5. The summed E-state index contributed by atoms with van der Waals surface area (Å²) in [6, 6.07) is 8.35. The summed E-state index contributed by atoms with van der Waals surface area (Å²) in [4.78, 5) is 23.2. The Morgan fingerprint density at radius 3 is 2.81 bits per heavy atom. The average Bonchev–Trinajstić information content (AvgIpc) is 2.98. The van der Waals surface area contributed by atoms with Crippen molar-refractivity contribution >= 4 is 44.1 Å². The number of sulfonamides is 1. The Morgan fingerprint density at radius 2 is 1.97 bits per heavy atom. The Morgan fingerprint density at radius 1 is 1.13 bits per heavy atom. The summed E-state index contributed by atoms with van der Waals surface area (Å²) in [5.74, 6) is -0.467. The van der Waals surface area contributed by atoms with Gasteiger partial charge in [0, 0.05) is 37.4 Å². The van der Waals surface area contributed by atoms with Crippen LogP contribution >= 0.6 is 11.6 Å². The number of nitrogens with one attached hydrogen (secondary N) is 1. The molecule has 1 saturated heterocycles. The van der Waals surface area contributed by atoms with Crippen molar-refractivity contribution in [1.29, 1.82) is 0 Å². The van der Waals surface area contributed by atoms with Gasteiger partial charge in [-0.15, -0.1) is 0 Å². The molecule has 0 radical (unpaired) electrons. The maximum absolute atomic E-state index is 13.1. The van der Waals surface area contributed by atoms with Crippen LogP contribution in [0.3, 0.4) is 0 Å². The van der Waals surface area contributed by atoms with E-state index in [1.807, 2.05) is 13.1 Å².